The smallest absolute Gasteiger partial charge is 0.310 e. The SMILES string of the molecule is Cc1cccc(NC(=O)COC(=O)Cc2ccc3c(c2)CCC3)c1C. The summed E-state index contributed by atoms with van der Waals surface area (Å²) < 4.78 is 5.12. The molecule has 0 atom stereocenters. The molecule has 25 heavy (non-hydrogen) atoms. The second-order valence-corrected chi connectivity index (χ2v) is 6.59. The van der Waals surface area contributed by atoms with Gasteiger partial charge in [0.15, 0.2) is 6.61 Å². The number of hydrogen-bond donors (Lipinski definition) is 1. The van der Waals surface area contributed by atoms with Crippen LogP contribution in [0.1, 0.15) is 34.2 Å². The Morgan fingerprint density at radius 1 is 1.08 bits per heavy atom. The molecule has 0 aromatic heterocycles. The van der Waals surface area contributed by atoms with Gasteiger partial charge in [-0.2, -0.15) is 0 Å². The summed E-state index contributed by atoms with van der Waals surface area (Å²) in [5.41, 5.74) is 6.52. The third-order valence-corrected chi connectivity index (χ3v) is 4.75. The molecule has 130 valence electrons. The molecule has 0 bridgehead atoms. The molecule has 0 aliphatic heterocycles. The maximum Gasteiger partial charge on any atom is 0.310 e. The van der Waals surface area contributed by atoms with E-state index in [4.69, 9.17) is 4.74 Å². The zero-order valence-corrected chi connectivity index (χ0v) is 14.7. The average Bonchev–Trinajstić information content (AvgIpc) is 3.05. The van der Waals surface area contributed by atoms with E-state index in [0.717, 1.165) is 35.2 Å². The number of anilines is 1. The number of carbonyl (C=O) groups excluding carboxylic acids is 2. The highest BCUT2D eigenvalue weighted by Crippen LogP contribution is 2.23. The Morgan fingerprint density at radius 3 is 2.72 bits per heavy atom. The lowest BCUT2D eigenvalue weighted by molar-refractivity contribution is -0.146. The van der Waals surface area contributed by atoms with Crippen LogP contribution in [0.3, 0.4) is 0 Å². The lowest BCUT2D eigenvalue weighted by atomic mass is 10.0. The van der Waals surface area contributed by atoms with E-state index in [9.17, 15) is 9.59 Å². The Balaban J connectivity index is 1.50. The summed E-state index contributed by atoms with van der Waals surface area (Å²) in [7, 11) is 0. The Kier molecular flexibility index (Phi) is 5.17. The molecular formula is C21H23NO3. The van der Waals surface area contributed by atoms with Crippen molar-refractivity contribution >= 4 is 17.6 Å². The van der Waals surface area contributed by atoms with Gasteiger partial charge in [0.25, 0.3) is 5.91 Å². The lowest BCUT2D eigenvalue weighted by Gasteiger charge is -2.11. The van der Waals surface area contributed by atoms with Crippen molar-refractivity contribution in [2.75, 3.05) is 11.9 Å². The van der Waals surface area contributed by atoms with E-state index in [1.165, 1.54) is 17.5 Å². The van der Waals surface area contributed by atoms with Crippen LogP contribution in [0.2, 0.25) is 0 Å². The maximum atomic E-state index is 12.0. The van der Waals surface area contributed by atoms with Gasteiger partial charge in [-0.05, 0) is 67.0 Å². The zero-order valence-electron chi connectivity index (χ0n) is 14.7. The van der Waals surface area contributed by atoms with Crippen LogP contribution >= 0.6 is 0 Å². The second kappa shape index (κ2) is 7.51. The van der Waals surface area contributed by atoms with E-state index in [-0.39, 0.29) is 24.9 Å². The quantitative estimate of drug-likeness (QED) is 0.850. The summed E-state index contributed by atoms with van der Waals surface area (Å²) in [4.78, 5) is 24.0. The van der Waals surface area contributed by atoms with E-state index < -0.39 is 0 Å². The van der Waals surface area contributed by atoms with E-state index in [1.807, 2.05) is 38.1 Å². The summed E-state index contributed by atoms with van der Waals surface area (Å²) in [6, 6.07) is 11.9. The molecule has 4 nitrogen and oxygen atoms in total. The van der Waals surface area contributed by atoms with Crippen molar-refractivity contribution in [1.82, 2.24) is 0 Å². The van der Waals surface area contributed by atoms with Gasteiger partial charge in [-0.25, -0.2) is 0 Å². The molecule has 0 fully saturated rings. The van der Waals surface area contributed by atoms with Crippen molar-refractivity contribution in [3.05, 3.63) is 64.2 Å². The van der Waals surface area contributed by atoms with Crippen molar-refractivity contribution in [3.8, 4) is 0 Å². The Hall–Kier alpha value is -2.62. The van der Waals surface area contributed by atoms with Crippen molar-refractivity contribution in [2.45, 2.75) is 39.5 Å². The maximum absolute atomic E-state index is 12.0. The highest BCUT2D eigenvalue weighted by molar-refractivity contribution is 5.93. The van der Waals surface area contributed by atoms with Crippen molar-refractivity contribution in [2.24, 2.45) is 0 Å². The van der Waals surface area contributed by atoms with Crippen LogP contribution in [0, 0.1) is 13.8 Å². The summed E-state index contributed by atoms with van der Waals surface area (Å²) in [5.74, 6) is -0.704. The topological polar surface area (TPSA) is 55.4 Å². The van der Waals surface area contributed by atoms with E-state index in [0.29, 0.717) is 0 Å². The minimum Gasteiger partial charge on any atom is -0.455 e. The minimum atomic E-state index is -0.380. The van der Waals surface area contributed by atoms with Crippen LogP contribution in [0.25, 0.3) is 0 Å². The van der Waals surface area contributed by atoms with Crippen LogP contribution in [0.4, 0.5) is 5.69 Å². The van der Waals surface area contributed by atoms with Gasteiger partial charge >= 0.3 is 5.97 Å². The number of carbonyl (C=O) groups is 2. The van der Waals surface area contributed by atoms with Gasteiger partial charge in [0.05, 0.1) is 6.42 Å². The summed E-state index contributed by atoms with van der Waals surface area (Å²) in [5, 5.41) is 2.79. The Labute approximate surface area is 148 Å². The molecule has 0 radical (unpaired) electrons. The van der Waals surface area contributed by atoms with Crippen molar-refractivity contribution in [1.29, 1.82) is 0 Å². The van der Waals surface area contributed by atoms with Crippen molar-refractivity contribution < 1.29 is 14.3 Å². The zero-order chi connectivity index (χ0) is 17.8. The number of ether oxygens (including phenoxy) is 1. The molecule has 0 heterocycles. The van der Waals surface area contributed by atoms with E-state index in [1.54, 1.807) is 0 Å². The van der Waals surface area contributed by atoms with Crippen molar-refractivity contribution in [3.63, 3.8) is 0 Å². The van der Waals surface area contributed by atoms with Gasteiger partial charge < -0.3 is 10.1 Å². The molecule has 1 aliphatic rings. The molecule has 0 saturated carbocycles. The molecule has 0 unspecified atom stereocenters. The molecule has 4 heteroatoms. The first kappa shape index (κ1) is 17.2. The molecule has 1 aliphatic carbocycles. The van der Waals surface area contributed by atoms with Crippen LogP contribution in [0.5, 0.6) is 0 Å². The van der Waals surface area contributed by atoms with Crippen LogP contribution in [-0.2, 0) is 33.6 Å². The van der Waals surface area contributed by atoms with Gasteiger partial charge in [0, 0.05) is 5.69 Å². The molecule has 1 N–H and O–H groups in total. The predicted octanol–water partition coefficient (Wildman–Crippen LogP) is 3.52. The van der Waals surface area contributed by atoms with Crippen LogP contribution < -0.4 is 5.32 Å². The number of benzene rings is 2. The monoisotopic (exact) mass is 337 g/mol. The molecule has 0 saturated heterocycles. The highest BCUT2D eigenvalue weighted by atomic mass is 16.5. The minimum absolute atomic E-state index is 0.198. The second-order valence-electron chi connectivity index (χ2n) is 6.59. The summed E-state index contributed by atoms with van der Waals surface area (Å²) >= 11 is 0. The first-order chi connectivity index (χ1) is 12.0. The van der Waals surface area contributed by atoms with Gasteiger partial charge in [0.1, 0.15) is 0 Å². The number of fused-ring (bicyclic) bond motifs is 1. The van der Waals surface area contributed by atoms with Gasteiger partial charge in [0.2, 0.25) is 0 Å². The largest absolute Gasteiger partial charge is 0.455 e. The fourth-order valence-electron chi connectivity index (χ4n) is 3.17. The number of aryl methyl sites for hydroxylation is 3. The van der Waals surface area contributed by atoms with Crippen LogP contribution in [0.15, 0.2) is 36.4 Å². The lowest BCUT2D eigenvalue weighted by Crippen LogP contribution is -2.22. The van der Waals surface area contributed by atoms with Gasteiger partial charge in [-0.15, -0.1) is 0 Å². The van der Waals surface area contributed by atoms with E-state index in [2.05, 4.69) is 17.4 Å². The van der Waals surface area contributed by atoms with Gasteiger partial charge in [-0.3, -0.25) is 9.59 Å². The number of hydrogen-bond acceptors (Lipinski definition) is 3. The Bertz CT molecular complexity index is 811. The molecular weight excluding hydrogens is 314 g/mol. The van der Waals surface area contributed by atoms with Gasteiger partial charge in [-0.1, -0.05) is 30.3 Å². The summed E-state index contributed by atoms with van der Waals surface area (Å²) in [6.07, 6.45) is 3.58. The van der Waals surface area contributed by atoms with E-state index >= 15 is 0 Å². The number of amides is 1. The first-order valence-corrected chi connectivity index (χ1v) is 8.65. The van der Waals surface area contributed by atoms with Crippen LogP contribution in [-0.4, -0.2) is 18.5 Å². The normalized spacial score (nSPS) is 12.6. The Morgan fingerprint density at radius 2 is 1.88 bits per heavy atom. The molecule has 3 rings (SSSR count). The predicted molar refractivity (Wildman–Crippen MR) is 97.7 cm³/mol. The fraction of sp³-hybridized carbons (Fsp3) is 0.333. The number of nitrogens with one attached hydrogen (secondary N) is 1. The molecule has 0 spiro atoms. The number of esters is 1. The molecule has 1 amide bonds. The third-order valence-electron chi connectivity index (χ3n) is 4.75. The number of rotatable bonds is 5. The summed E-state index contributed by atoms with van der Waals surface area (Å²) in [6.45, 7) is 3.67. The average molecular weight is 337 g/mol. The molecule has 2 aromatic rings. The third kappa shape index (κ3) is 4.27. The highest BCUT2D eigenvalue weighted by Gasteiger charge is 2.14. The first-order valence-electron chi connectivity index (χ1n) is 8.65. The standard InChI is InChI=1S/C21H23NO3/c1-14-5-3-8-19(15(14)2)22-20(23)13-25-21(24)12-16-9-10-17-6-4-7-18(17)11-16/h3,5,8-11H,4,6-7,12-13H2,1-2H3,(H,22,23). The fourth-order valence-corrected chi connectivity index (χ4v) is 3.17. The molecule has 2 aromatic carbocycles.